The molecule has 0 spiro atoms. The molecule has 7 nitrogen and oxygen atoms in total. The van der Waals surface area contributed by atoms with Crippen molar-refractivity contribution in [1.82, 2.24) is 10.6 Å². The van der Waals surface area contributed by atoms with Gasteiger partial charge < -0.3 is 22.1 Å². The van der Waals surface area contributed by atoms with Gasteiger partial charge in [-0.3, -0.25) is 14.6 Å². The first-order chi connectivity index (χ1) is 13.0. The van der Waals surface area contributed by atoms with Crippen molar-refractivity contribution in [3.63, 3.8) is 0 Å². The molecule has 1 rings (SSSR count). The Kier molecular flexibility index (Phi) is 12.0. The van der Waals surface area contributed by atoms with Crippen LogP contribution in [0.3, 0.4) is 0 Å². The summed E-state index contributed by atoms with van der Waals surface area (Å²) in [6, 6.07) is 8.42. The molecular weight excluding hydrogens is 430 g/mol. The molecule has 0 aromatic heterocycles. The molecule has 2 amide bonds. The number of aryl methyl sites for hydroxylation is 1. The van der Waals surface area contributed by atoms with Gasteiger partial charge >= 0.3 is 0 Å². The van der Waals surface area contributed by atoms with Crippen molar-refractivity contribution in [2.24, 2.45) is 16.5 Å². The number of amidine groups is 1. The zero-order valence-electron chi connectivity index (χ0n) is 15.5. The zero-order chi connectivity index (χ0) is 20.1. The van der Waals surface area contributed by atoms with Gasteiger partial charge in [-0.25, -0.2) is 0 Å². The largest absolute Gasteiger partial charge is 0.343 e. The molecular formula is C18H28BrN5O2S. The highest BCUT2D eigenvalue weighted by molar-refractivity contribution is 9.11. The maximum atomic E-state index is 12.7. The van der Waals surface area contributed by atoms with Gasteiger partial charge in [0.1, 0.15) is 6.04 Å². The fourth-order valence-electron chi connectivity index (χ4n) is 2.37. The van der Waals surface area contributed by atoms with Gasteiger partial charge in [-0.1, -0.05) is 58.0 Å². The number of aliphatic imine (C=N–C) groups is 1. The summed E-state index contributed by atoms with van der Waals surface area (Å²) in [5, 5.41) is 6.02. The monoisotopic (exact) mass is 457 g/mol. The Labute approximate surface area is 173 Å². The predicted octanol–water partition coefficient (Wildman–Crippen LogP) is 1.36. The molecule has 0 aliphatic rings. The Morgan fingerprint density at radius 1 is 1.22 bits per heavy atom. The van der Waals surface area contributed by atoms with Crippen molar-refractivity contribution in [1.29, 1.82) is 0 Å². The normalized spacial score (nSPS) is 13.7. The van der Waals surface area contributed by atoms with E-state index in [0.29, 0.717) is 42.1 Å². The lowest BCUT2D eigenvalue weighted by atomic mass is 10.0. The van der Waals surface area contributed by atoms with E-state index in [1.807, 2.05) is 30.3 Å². The molecule has 2 atom stereocenters. The summed E-state index contributed by atoms with van der Waals surface area (Å²) in [6.45, 7) is 0.471. The average molecular weight is 458 g/mol. The summed E-state index contributed by atoms with van der Waals surface area (Å²) in [7, 11) is 1.60. The number of halogens is 1. The van der Waals surface area contributed by atoms with Crippen LogP contribution < -0.4 is 22.1 Å². The van der Waals surface area contributed by atoms with E-state index in [1.165, 1.54) is 11.8 Å². The predicted molar refractivity (Wildman–Crippen MR) is 116 cm³/mol. The van der Waals surface area contributed by atoms with Crippen molar-refractivity contribution in [2.45, 2.75) is 37.8 Å². The Morgan fingerprint density at radius 2 is 1.93 bits per heavy atom. The second-order valence-corrected chi connectivity index (χ2v) is 8.16. The fraction of sp³-hybridized carbons (Fsp3) is 0.500. The molecule has 0 aliphatic carbocycles. The molecule has 0 aliphatic heterocycles. The van der Waals surface area contributed by atoms with Crippen molar-refractivity contribution < 1.29 is 9.59 Å². The number of carbonyl (C=O) groups excluding carboxylic acids is 2. The second-order valence-electron chi connectivity index (χ2n) is 5.89. The second kappa shape index (κ2) is 13.7. The quantitative estimate of drug-likeness (QED) is 0.240. The van der Waals surface area contributed by atoms with Crippen molar-refractivity contribution in [3.8, 4) is 0 Å². The number of nitrogens with one attached hydrogen (secondary N) is 2. The van der Waals surface area contributed by atoms with Gasteiger partial charge in [0.15, 0.2) is 5.17 Å². The third-order valence-corrected chi connectivity index (χ3v) is 5.23. The van der Waals surface area contributed by atoms with E-state index < -0.39 is 12.1 Å². The molecule has 0 saturated heterocycles. The van der Waals surface area contributed by atoms with E-state index in [1.54, 1.807) is 7.05 Å². The van der Waals surface area contributed by atoms with Gasteiger partial charge in [0.05, 0.1) is 10.7 Å². The van der Waals surface area contributed by atoms with Crippen LogP contribution in [0.4, 0.5) is 0 Å². The smallest absolute Gasteiger partial charge is 0.248 e. The SMILES string of the molecule is CN=C(NC(=O)[C@@H](CCc1ccccc1)NC(=O)[C@@H](N)CCCN)SCBr. The number of benzene rings is 1. The summed E-state index contributed by atoms with van der Waals surface area (Å²) in [6.07, 6.45) is 2.25. The maximum Gasteiger partial charge on any atom is 0.248 e. The van der Waals surface area contributed by atoms with E-state index >= 15 is 0 Å². The number of nitrogens with two attached hydrogens (primary N) is 2. The molecule has 0 bridgehead atoms. The van der Waals surface area contributed by atoms with Gasteiger partial charge in [0.25, 0.3) is 0 Å². The molecule has 6 N–H and O–H groups in total. The molecule has 150 valence electrons. The summed E-state index contributed by atoms with van der Waals surface area (Å²) >= 11 is 4.65. The van der Waals surface area contributed by atoms with Crippen LogP contribution in [0.2, 0.25) is 0 Å². The number of amides is 2. The fourth-order valence-corrected chi connectivity index (χ4v) is 3.43. The molecule has 0 unspecified atom stereocenters. The molecule has 27 heavy (non-hydrogen) atoms. The number of alkyl halides is 1. The lowest BCUT2D eigenvalue weighted by molar-refractivity contribution is -0.129. The van der Waals surface area contributed by atoms with Crippen LogP contribution in [-0.2, 0) is 16.0 Å². The van der Waals surface area contributed by atoms with E-state index in [-0.39, 0.29) is 11.8 Å². The maximum absolute atomic E-state index is 12.7. The summed E-state index contributed by atoms with van der Waals surface area (Å²) in [5.41, 5.74) is 12.5. The van der Waals surface area contributed by atoms with Gasteiger partial charge in [0.2, 0.25) is 11.8 Å². The van der Waals surface area contributed by atoms with Crippen LogP contribution in [0.1, 0.15) is 24.8 Å². The highest BCUT2D eigenvalue weighted by Crippen LogP contribution is 2.09. The highest BCUT2D eigenvalue weighted by atomic mass is 79.9. The third-order valence-electron chi connectivity index (χ3n) is 3.88. The summed E-state index contributed by atoms with van der Waals surface area (Å²) < 4.78 is 0.602. The van der Waals surface area contributed by atoms with Gasteiger partial charge in [-0.05, 0) is 37.8 Å². The van der Waals surface area contributed by atoms with Crippen molar-refractivity contribution >= 4 is 44.7 Å². The Hall–Kier alpha value is -1.42. The van der Waals surface area contributed by atoms with Crippen molar-refractivity contribution in [2.75, 3.05) is 18.3 Å². The molecule has 1 aromatic rings. The van der Waals surface area contributed by atoms with Crippen LogP contribution in [0.25, 0.3) is 0 Å². The highest BCUT2D eigenvalue weighted by Gasteiger charge is 2.24. The van der Waals surface area contributed by atoms with Gasteiger partial charge in [-0.2, -0.15) is 0 Å². The van der Waals surface area contributed by atoms with Crippen LogP contribution in [0.5, 0.6) is 0 Å². The Bertz CT molecular complexity index is 615. The van der Waals surface area contributed by atoms with E-state index in [4.69, 9.17) is 11.5 Å². The number of hydrogen-bond donors (Lipinski definition) is 4. The molecule has 1 aromatic carbocycles. The van der Waals surface area contributed by atoms with Crippen LogP contribution in [0, 0.1) is 0 Å². The first kappa shape index (κ1) is 23.6. The van der Waals surface area contributed by atoms with E-state index in [2.05, 4.69) is 31.6 Å². The first-order valence-electron chi connectivity index (χ1n) is 8.78. The minimum absolute atomic E-state index is 0.306. The van der Waals surface area contributed by atoms with Crippen molar-refractivity contribution in [3.05, 3.63) is 35.9 Å². The lowest BCUT2D eigenvalue weighted by Crippen LogP contribution is -2.52. The standard InChI is InChI=1S/C18H28BrN5O2S/c1-22-18(27-12-19)24-17(26)15(10-9-13-6-3-2-4-7-13)23-16(25)14(21)8-5-11-20/h2-4,6-7,14-15H,5,8-12,20-21H2,1H3,(H,23,25)(H,22,24,26)/t14-,15+/m0/s1. The van der Waals surface area contributed by atoms with E-state index in [0.717, 1.165) is 5.56 Å². The third kappa shape index (κ3) is 9.37. The van der Waals surface area contributed by atoms with Gasteiger partial charge in [-0.15, -0.1) is 0 Å². The van der Waals surface area contributed by atoms with Crippen LogP contribution in [-0.4, -0.2) is 47.3 Å². The summed E-state index contributed by atoms with van der Waals surface area (Å²) in [4.78, 5) is 29.1. The number of thioether (sulfide) groups is 1. The number of rotatable bonds is 10. The average Bonchev–Trinajstić information content (AvgIpc) is 2.69. The zero-order valence-corrected chi connectivity index (χ0v) is 17.9. The first-order valence-corrected chi connectivity index (χ1v) is 10.9. The lowest BCUT2D eigenvalue weighted by Gasteiger charge is -2.21. The number of hydrogen-bond acceptors (Lipinski definition) is 6. The van der Waals surface area contributed by atoms with E-state index in [9.17, 15) is 9.59 Å². The Balaban J connectivity index is 2.77. The van der Waals surface area contributed by atoms with Gasteiger partial charge in [0, 0.05) is 7.05 Å². The molecule has 0 heterocycles. The molecule has 0 fully saturated rings. The minimum atomic E-state index is -0.700. The molecule has 0 saturated carbocycles. The van der Waals surface area contributed by atoms with Crippen LogP contribution >= 0.6 is 27.7 Å². The number of carbonyl (C=O) groups is 2. The molecule has 0 radical (unpaired) electrons. The Morgan fingerprint density at radius 3 is 2.52 bits per heavy atom. The molecule has 9 heteroatoms. The van der Waals surface area contributed by atoms with Crippen LogP contribution in [0.15, 0.2) is 35.3 Å². The topological polar surface area (TPSA) is 123 Å². The minimum Gasteiger partial charge on any atom is -0.343 e. The number of nitrogens with zero attached hydrogens (tertiary/aromatic N) is 1. The summed E-state index contributed by atoms with van der Waals surface area (Å²) in [5.74, 6) is -0.654.